The van der Waals surface area contributed by atoms with Gasteiger partial charge in [0.1, 0.15) is 17.7 Å². The number of nitrogens with two attached hydrogens (primary N) is 1. The van der Waals surface area contributed by atoms with Crippen LogP contribution in [-0.4, -0.2) is 69.1 Å². The number of ether oxygens (including phenoxy) is 1. The number of carbonyl (C=O) groups excluding carboxylic acids is 1. The van der Waals surface area contributed by atoms with Crippen molar-refractivity contribution < 1.29 is 27.5 Å². The second-order valence-corrected chi connectivity index (χ2v) is 11.4. The molecule has 1 aliphatic heterocycles. The zero-order valence-corrected chi connectivity index (χ0v) is 20.7. The number of aromatic nitrogens is 4. The number of halogens is 1. The van der Waals surface area contributed by atoms with E-state index in [4.69, 9.17) is 19.5 Å². The molecule has 0 radical (unpaired) electrons. The van der Waals surface area contributed by atoms with E-state index < -0.39 is 43.2 Å². The summed E-state index contributed by atoms with van der Waals surface area (Å²) in [4.78, 5) is 26.8. The summed E-state index contributed by atoms with van der Waals surface area (Å²) in [6.07, 6.45) is 0.870. The van der Waals surface area contributed by atoms with E-state index in [0.717, 1.165) is 0 Å². The molecule has 2 aliphatic carbocycles. The van der Waals surface area contributed by atoms with Crippen LogP contribution in [0.3, 0.4) is 0 Å². The van der Waals surface area contributed by atoms with Crippen LogP contribution in [0.2, 0.25) is 0 Å². The molecule has 3 aliphatic rings. The summed E-state index contributed by atoms with van der Waals surface area (Å²) < 4.78 is 48.1. The van der Waals surface area contributed by atoms with Crippen LogP contribution in [0.15, 0.2) is 6.33 Å². The molecular formula is C20H29FN7O5P. The highest BCUT2D eigenvalue weighted by Gasteiger charge is 2.89. The second kappa shape index (κ2) is 7.33. The maximum absolute atomic E-state index is 16.5. The predicted octanol–water partition coefficient (Wildman–Crippen LogP) is 1.97. The number of anilines is 2. The first kappa shape index (κ1) is 23.4. The summed E-state index contributed by atoms with van der Waals surface area (Å²) in [6, 6.07) is -1.66. The molecule has 3 heterocycles. The van der Waals surface area contributed by atoms with Gasteiger partial charge in [0.15, 0.2) is 22.7 Å². The first-order valence-corrected chi connectivity index (χ1v) is 12.7. The number of nitrogen functional groups attached to an aromatic ring is 1. The fraction of sp³-hybridized carbons (Fsp3) is 0.700. The Hall–Kier alpha value is -2.34. The maximum atomic E-state index is 16.5. The number of esters is 1. The third-order valence-electron chi connectivity index (χ3n) is 6.86. The van der Waals surface area contributed by atoms with Gasteiger partial charge in [-0.05, 0) is 34.1 Å². The Kier molecular flexibility index (Phi) is 5.05. The lowest BCUT2D eigenvalue weighted by Gasteiger charge is -2.32. The summed E-state index contributed by atoms with van der Waals surface area (Å²) >= 11 is 0. The molecule has 7 atom stereocenters. The fourth-order valence-corrected chi connectivity index (χ4v) is 7.46. The van der Waals surface area contributed by atoms with Gasteiger partial charge in [0.25, 0.3) is 0 Å². The van der Waals surface area contributed by atoms with E-state index in [0.29, 0.717) is 23.4 Å². The number of carbonyl (C=O) groups is 1. The van der Waals surface area contributed by atoms with E-state index in [1.54, 1.807) is 37.4 Å². The van der Waals surface area contributed by atoms with E-state index in [2.05, 4.69) is 20.0 Å². The van der Waals surface area contributed by atoms with Crippen LogP contribution < -0.4 is 15.7 Å². The molecule has 2 saturated carbocycles. The molecule has 12 nitrogen and oxygen atoms in total. The Morgan fingerprint density at radius 3 is 2.76 bits per heavy atom. The van der Waals surface area contributed by atoms with Gasteiger partial charge in [-0.15, -0.1) is 0 Å². The van der Waals surface area contributed by atoms with Crippen LogP contribution in [0.5, 0.6) is 0 Å². The lowest BCUT2D eigenvalue weighted by Crippen LogP contribution is -2.44. The molecule has 186 valence electrons. The summed E-state index contributed by atoms with van der Waals surface area (Å²) in [5.41, 5.74) is 3.44. The highest BCUT2D eigenvalue weighted by Crippen LogP contribution is 2.80. The van der Waals surface area contributed by atoms with E-state index in [-0.39, 0.29) is 18.0 Å². The zero-order chi connectivity index (χ0) is 24.8. The Morgan fingerprint density at radius 1 is 1.41 bits per heavy atom. The molecule has 3 fully saturated rings. The van der Waals surface area contributed by atoms with Crippen LogP contribution in [0, 0.1) is 5.92 Å². The molecular weight excluding hydrogens is 468 g/mol. The molecule has 0 amide bonds. The number of hydrogen-bond donors (Lipinski definition) is 2. The molecule has 1 saturated heterocycles. The molecule has 2 aromatic heterocycles. The van der Waals surface area contributed by atoms with E-state index in [1.807, 2.05) is 0 Å². The summed E-state index contributed by atoms with van der Waals surface area (Å²) in [7, 11) is -0.326. The minimum absolute atomic E-state index is 0.0501. The van der Waals surface area contributed by atoms with Crippen LogP contribution in [0.25, 0.3) is 11.2 Å². The molecule has 0 bridgehead atoms. The van der Waals surface area contributed by atoms with Gasteiger partial charge in [0.05, 0.1) is 18.5 Å². The third-order valence-corrected chi connectivity index (χ3v) is 8.61. The quantitative estimate of drug-likeness (QED) is 0.446. The molecule has 5 rings (SSSR count). The second-order valence-electron chi connectivity index (χ2n) is 9.80. The molecule has 14 heteroatoms. The van der Waals surface area contributed by atoms with Gasteiger partial charge in [-0.3, -0.25) is 13.8 Å². The topological polar surface area (TPSA) is 147 Å². The van der Waals surface area contributed by atoms with Gasteiger partial charge >= 0.3 is 13.7 Å². The summed E-state index contributed by atoms with van der Waals surface area (Å²) in [6.45, 7) is 6.32. The molecule has 3 N–H and O–H groups in total. The van der Waals surface area contributed by atoms with Gasteiger partial charge in [-0.2, -0.15) is 9.97 Å². The van der Waals surface area contributed by atoms with Gasteiger partial charge in [-0.25, -0.2) is 19.0 Å². The zero-order valence-electron chi connectivity index (χ0n) is 19.9. The summed E-state index contributed by atoms with van der Waals surface area (Å²) in [5.74, 6) is -0.330. The van der Waals surface area contributed by atoms with Crippen molar-refractivity contribution in [2.75, 3.05) is 24.7 Å². The Bertz CT molecular complexity index is 1220. The Balaban J connectivity index is 1.42. The largest absolute Gasteiger partial charge is 0.462 e. The van der Waals surface area contributed by atoms with Crippen molar-refractivity contribution in [3.05, 3.63) is 6.33 Å². The SMILES string of the molecule is CC(C)OC(=O)[C@H](C)N[P@]1(=O)OC2[C@H]3C[C@@H](n4cnc5c(N(C)C)nc(N)nc54)[C@](C)(F)[C@@]23O1. The van der Waals surface area contributed by atoms with Gasteiger partial charge < -0.3 is 19.9 Å². The average Bonchev–Trinajstić information content (AvgIpc) is 3.00. The number of alkyl halides is 1. The van der Waals surface area contributed by atoms with Crippen LogP contribution in [-0.2, 0) is 23.1 Å². The van der Waals surface area contributed by atoms with Gasteiger partial charge in [0, 0.05) is 20.0 Å². The predicted molar refractivity (Wildman–Crippen MR) is 121 cm³/mol. The monoisotopic (exact) mass is 497 g/mol. The third kappa shape index (κ3) is 3.17. The standard InChI is InChI=1S/C20H29FN7O5P/c1-9(2)31-17(29)10(3)26-34(30)32-14-11-7-12(19(4,21)20(11,14)33-34)28-8-23-13-15(27(5)6)24-18(22)25-16(13)28/h8-12,14H,7H2,1-6H3,(H,26,30)(H2,22,24,25)/t10-,11+,12+,14?,19-,20-,34-/m0/s1. The van der Waals surface area contributed by atoms with Crippen molar-refractivity contribution >= 4 is 36.6 Å². The number of nitrogens with one attached hydrogen (secondary N) is 1. The molecule has 34 heavy (non-hydrogen) atoms. The first-order chi connectivity index (χ1) is 15.8. The van der Waals surface area contributed by atoms with Crippen LogP contribution in [0.1, 0.15) is 40.2 Å². The number of nitrogens with zero attached hydrogens (tertiary/aromatic N) is 5. The lowest BCUT2D eigenvalue weighted by molar-refractivity contribution is -0.149. The number of rotatable bonds is 6. The number of hydrogen-bond acceptors (Lipinski definition) is 10. The van der Waals surface area contributed by atoms with Crippen molar-refractivity contribution in [1.82, 2.24) is 24.6 Å². The molecule has 2 aromatic rings. The van der Waals surface area contributed by atoms with E-state index >= 15 is 4.39 Å². The molecule has 1 spiro atoms. The van der Waals surface area contributed by atoms with E-state index in [1.165, 1.54) is 20.2 Å². The molecule has 1 unspecified atom stereocenters. The molecule has 0 aromatic carbocycles. The van der Waals surface area contributed by atoms with Crippen molar-refractivity contribution in [3.63, 3.8) is 0 Å². The van der Waals surface area contributed by atoms with Crippen molar-refractivity contribution in [2.24, 2.45) is 5.92 Å². The minimum Gasteiger partial charge on any atom is -0.462 e. The first-order valence-electron chi connectivity index (χ1n) is 11.1. The highest BCUT2D eigenvalue weighted by molar-refractivity contribution is 7.52. The Morgan fingerprint density at radius 2 is 2.12 bits per heavy atom. The lowest BCUT2D eigenvalue weighted by atomic mass is 9.93. The van der Waals surface area contributed by atoms with Crippen molar-refractivity contribution in [2.45, 2.75) is 69.7 Å². The van der Waals surface area contributed by atoms with Crippen LogP contribution in [0.4, 0.5) is 16.2 Å². The fourth-order valence-electron chi connectivity index (χ4n) is 5.31. The average molecular weight is 497 g/mol. The smallest absolute Gasteiger partial charge is 0.407 e. The highest BCUT2D eigenvalue weighted by atomic mass is 31.2. The van der Waals surface area contributed by atoms with Crippen LogP contribution >= 0.6 is 7.75 Å². The Labute approximate surface area is 195 Å². The number of imidazole rings is 1. The van der Waals surface area contributed by atoms with Crippen molar-refractivity contribution in [1.29, 1.82) is 0 Å². The van der Waals surface area contributed by atoms with Crippen molar-refractivity contribution in [3.8, 4) is 0 Å². The van der Waals surface area contributed by atoms with Gasteiger partial charge in [-0.1, -0.05) is 0 Å². The van der Waals surface area contributed by atoms with Gasteiger partial charge in [0.2, 0.25) is 5.95 Å². The van der Waals surface area contributed by atoms with E-state index in [9.17, 15) is 9.36 Å². The maximum Gasteiger partial charge on any atom is 0.407 e. The number of fused-ring (bicyclic) bond motifs is 2. The minimum atomic E-state index is -3.94. The normalized spacial score (nSPS) is 37.0. The summed E-state index contributed by atoms with van der Waals surface area (Å²) in [5, 5.41) is 2.58.